The van der Waals surface area contributed by atoms with E-state index in [1.165, 1.54) is 4.31 Å². The number of carbonyl (C=O) groups excluding carboxylic acids is 1. The number of hydrogen-bond acceptors (Lipinski definition) is 6. The monoisotopic (exact) mass is 327 g/mol. The van der Waals surface area contributed by atoms with Crippen LogP contribution in [0.15, 0.2) is 18.5 Å². The minimum atomic E-state index is -3.15. The second-order valence-corrected chi connectivity index (χ2v) is 7.33. The summed E-state index contributed by atoms with van der Waals surface area (Å²) in [5, 5.41) is 2.66. The molecule has 1 aliphatic rings. The first-order chi connectivity index (χ1) is 10.4. The second-order valence-electron chi connectivity index (χ2n) is 5.07. The van der Waals surface area contributed by atoms with Crippen molar-refractivity contribution in [1.29, 1.82) is 0 Å². The van der Waals surface area contributed by atoms with Crippen LogP contribution in [0, 0.1) is 0 Å². The van der Waals surface area contributed by atoms with Gasteiger partial charge in [0.25, 0.3) is 0 Å². The van der Waals surface area contributed by atoms with E-state index >= 15 is 0 Å². The minimum absolute atomic E-state index is 0.106. The summed E-state index contributed by atoms with van der Waals surface area (Å²) in [6.07, 6.45) is 3.11. The van der Waals surface area contributed by atoms with Crippen molar-refractivity contribution < 1.29 is 13.2 Å². The Morgan fingerprint density at radius 1 is 1.27 bits per heavy atom. The molecular formula is C13H21N5O3S. The maximum Gasteiger partial charge on any atom is 0.243 e. The maximum atomic E-state index is 12.2. The Bertz CT molecular complexity index is 599. The fourth-order valence-corrected chi connectivity index (χ4v) is 3.38. The van der Waals surface area contributed by atoms with Crippen LogP contribution in [0.25, 0.3) is 0 Å². The Morgan fingerprint density at radius 3 is 2.41 bits per heavy atom. The lowest BCUT2D eigenvalue weighted by atomic mass is 10.2. The van der Waals surface area contributed by atoms with E-state index < -0.39 is 10.0 Å². The SMILES string of the molecule is CCS(=O)(=O)N1CCN([C@@H](C)C(=O)Nc2ncccn2)CC1. The van der Waals surface area contributed by atoms with Crippen molar-refractivity contribution in [2.24, 2.45) is 0 Å². The Balaban J connectivity index is 1.89. The number of nitrogens with zero attached hydrogens (tertiary/aromatic N) is 4. The van der Waals surface area contributed by atoms with Crippen LogP contribution in [0.2, 0.25) is 0 Å². The molecule has 1 atom stereocenters. The van der Waals surface area contributed by atoms with Gasteiger partial charge >= 0.3 is 0 Å². The van der Waals surface area contributed by atoms with Crippen molar-refractivity contribution in [3.05, 3.63) is 18.5 Å². The number of aromatic nitrogens is 2. The number of anilines is 1. The number of hydrogen-bond donors (Lipinski definition) is 1. The van der Waals surface area contributed by atoms with Gasteiger partial charge in [-0.15, -0.1) is 0 Å². The highest BCUT2D eigenvalue weighted by Crippen LogP contribution is 2.11. The maximum absolute atomic E-state index is 12.2. The van der Waals surface area contributed by atoms with Crippen molar-refractivity contribution in [2.75, 3.05) is 37.2 Å². The van der Waals surface area contributed by atoms with Crippen LogP contribution in [0.3, 0.4) is 0 Å². The zero-order valence-corrected chi connectivity index (χ0v) is 13.6. The summed E-state index contributed by atoms with van der Waals surface area (Å²) in [5.74, 6) is 0.179. The van der Waals surface area contributed by atoms with Gasteiger partial charge in [0.05, 0.1) is 11.8 Å². The summed E-state index contributed by atoms with van der Waals surface area (Å²) in [4.78, 5) is 22.0. The first kappa shape index (κ1) is 16.8. The number of nitrogens with one attached hydrogen (secondary N) is 1. The Labute approximate surface area is 130 Å². The van der Waals surface area contributed by atoms with Crippen LogP contribution in [0.1, 0.15) is 13.8 Å². The molecule has 1 saturated heterocycles. The predicted molar refractivity (Wildman–Crippen MR) is 82.7 cm³/mol. The number of amides is 1. The Hall–Kier alpha value is -1.58. The van der Waals surface area contributed by atoms with Gasteiger partial charge < -0.3 is 0 Å². The van der Waals surface area contributed by atoms with Gasteiger partial charge in [0.1, 0.15) is 0 Å². The van der Waals surface area contributed by atoms with Crippen molar-refractivity contribution in [3.63, 3.8) is 0 Å². The Kier molecular flexibility index (Phi) is 5.43. The van der Waals surface area contributed by atoms with Gasteiger partial charge in [0.2, 0.25) is 21.9 Å². The summed E-state index contributed by atoms with van der Waals surface area (Å²) < 4.78 is 25.1. The van der Waals surface area contributed by atoms with Gasteiger partial charge in [-0.1, -0.05) is 0 Å². The molecule has 0 saturated carbocycles. The molecule has 122 valence electrons. The molecule has 1 aromatic heterocycles. The molecule has 1 fully saturated rings. The van der Waals surface area contributed by atoms with Crippen LogP contribution in [-0.4, -0.2) is 71.5 Å². The van der Waals surface area contributed by atoms with E-state index in [2.05, 4.69) is 15.3 Å². The van der Waals surface area contributed by atoms with Gasteiger partial charge in [-0.25, -0.2) is 18.4 Å². The van der Waals surface area contributed by atoms with Gasteiger partial charge in [0, 0.05) is 38.6 Å². The van der Waals surface area contributed by atoms with E-state index in [0.29, 0.717) is 26.2 Å². The van der Waals surface area contributed by atoms with Gasteiger partial charge in [0.15, 0.2) is 0 Å². The molecule has 1 aromatic rings. The summed E-state index contributed by atoms with van der Waals surface area (Å²) in [7, 11) is -3.15. The lowest BCUT2D eigenvalue weighted by Gasteiger charge is -2.36. The number of carbonyl (C=O) groups is 1. The molecule has 0 bridgehead atoms. The predicted octanol–water partition coefficient (Wildman–Crippen LogP) is -0.229. The molecule has 0 aliphatic carbocycles. The van der Waals surface area contributed by atoms with Crippen molar-refractivity contribution in [1.82, 2.24) is 19.2 Å². The van der Waals surface area contributed by atoms with E-state index in [4.69, 9.17) is 0 Å². The third kappa shape index (κ3) is 3.99. The average molecular weight is 327 g/mol. The largest absolute Gasteiger partial charge is 0.293 e. The molecular weight excluding hydrogens is 306 g/mol. The van der Waals surface area contributed by atoms with Gasteiger partial charge in [-0.2, -0.15) is 4.31 Å². The van der Waals surface area contributed by atoms with E-state index in [-0.39, 0.29) is 23.7 Å². The highest BCUT2D eigenvalue weighted by Gasteiger charge is 2.30. The first-order valence-corrected chi connectivity index (χ1v) is 8.84. The molecule has 0 aromatic carbocycles. The molecule has 0 spiro atoms. The fraction of sp³-hybridized carbons (Fsp3) is 0.615. The van der Waals surface area contributed by atoms with Crippen LogP contribution in [0.5, 0.6) is 0 Å². The van der Waals surface area contributed by atoms with Crippen molar-refractivity contribution >= 4 is 21.9 Å². The van der Waals surface area contributed by atoms with Crippen molar-refractivity contribution in [2.45, 2.75) is 19.9 Å². The zero-order valence-electron chi connectivity index (χ0n) is 12.8. The Morgan fingerprint density at radius 2 is 1.86 bits per heavy atom. The van der Waals surface area contributed by atoms with E-state index in [1.54, 1.807) is 32.3 Å². The average Bonchev–Trinajstić information content (AvgIpc) is 2.55. The molecule has 1 aliphatic heterocycles. The van der Waals surface area contributed by atoms with Crippen LogP contribution >= 0.6 is 0 Å². The van der Waals surface area contributed by atoms with E-state index in [1.807, 2.05) is 4.90 Å². The highest BCUT2D eigenvalue weighted by atomic mass is 32.2. The van der Waals surface area contributed by atoms with E-state index in [0.717, 1.165) is 0 Å². The number of sulfonamides is 1. The molecule has 0 unspecified atom stereocenters. The van der Waals surface area contributed by atoms with Gasteiger partial charge in [-0.05, 0) is 19.9 Å². The molecule has 1 N–H and O–H groups in total. The third-order valence-corrected chi connectivity index (χ3v) is 5.64. The second kappa shape index (κ2) is 7.12. The molecule has 22 heavy (non-hydrogen) atoms. The quantitative estimate of drug-likeness (QED) is 0.803. The minimum Gasteiger partial charge on any atom is -0.293 e. The fourth-order valence-electron chi connectivity index (χ4n) is 2.30. The van der Waals surface area contributed by atoms with Crippen molar-refractivity contribution in [3.8, 4) is 0 Å². The molecule has 2 heterocycles. The number of rotatable bonds is 5. The summed E-state index contributed by atoms with van der Waals surface area (Å²) in [6.45, 7) is 5.32. The topological polar surface area (TPSA) is 95.5 Å². The first-order valence-electron chi connectivity index (χ1n) is 7.24. The van der Waals surface area contributed by atoms with Gasteiger partial charge in [-0.3, -0.25) is 15.0 Å². The molecule has 0 radical (unpaired) electrons. The smallest absolute Gasteiger partial charge is 0.243 e. The zero-order chi connectivity index (χ0) is 16.2. The summed E-state index contributed by atoms with van der Waals surface area (Å²) >= 11 is 0. The molecule has 2 rings (SSSR count). The standard InChI is InChI=1S/C13H21N5O3S/c1-3-22(20,21)18-9-7-17(8-10-18)11(2)12(19)16-13-14-5-4-6-15-13/h4-6,11H,3,7-10H2,1-2H3,(H,14,15,16,19)/t11-/m0/s1. The summed E-state index contributed by atoms with van der Waals surface area (Å²) in [5.41, 5.74) is 0. The van der Waals surface area contributed by atoms with E-state index in [9.17, 15) is 13.2 Å². The molecule has 8 nitrogen and oxygen atoms in total. The highest BCUT2D eigenvalue weighted by molar-refractivity contribution is 7.89. The van der Waals surface area contributed by atoms with Crippen LogP contribution < -0.4 is 5.32 Å². The van der Waals surface area contributed by atoms with Crippen LogP contribution in [0.4, 0.5) is 5.95 Å². The molecule has 9 heteroatoms. The lowest BCUT2D eigenvalue weighted by molar-refractivity contribution is -0.121. The third-order valence-electron chi connectivity index (χ3n) is 3.76. The molecule has 1 amide bonds. The number of piperazine rings is 1. The summed E-state index contributed by atoms with van der Waals surface area (Å²) in [6, 6.07) is 1.31. The lowest BCUT2D eigenvalue weighted by Crippen LogP contribution is -2.54. The normalized spacial score (nSPS) is 18.8. The van der Waals surface area contributed by atoms with Crippen LogP contribution in [-0.2, 0) is 14.8 Å².